The van der Waals surface area contributed by atoms with Crippen LogP contribution in [0.25, 0.3) is 0 Å². The van der Waals surface area contributed by atoms with Crippen LogP contribution in [-0.2, 0) is 11.3 Å². The quantitative estimate of drug-likeness (QED) is 0.703. The third-order valence-electron chi connectivity index (χ3n) is 3.10. The van der Waals surface area contributed by atoms with Gasteiger partial charge in [0.1, 0.15) is 5.75 Å². The number of carbonyl (C=O) groups excluding carboxylic acids is 1. The normalized spacial score (nSPS) is 13.5. The Morgan fingerprint density at radius 1 is 1.48 bits per heavy atom. The van der Waals surface area contributed by atoms with E-state index in [1.54, 1.807) is 0 Å². The monoisotopic (exact) mass is 351 g/mol. The molecule has 0 bridgehead atoms. The molecule has 0 unspecified atom stereocenters. The molecule has 2 rings (SSSR count). The Hall–Kier alpha value is -1.58. The molecule has 1 aliphatic carbocycles. The summed E-state index contributed by atoms with van der Waals surface area (Å²) in [6.45, 7) is 1.11. The zero-order chi connectivity index (χ0) is 15.1. The van der Waals surface area contributed by atoms with Crippen LogP contribution in [0.4, 0.5) is 0 Å². The molecule has 0 saturated heterocycles. The standard InChI is InChI=1S/C15H18BrN3O2/c16-14-5-4-13(8-11(14)9-19-12-2-3-12)21-10-15(20)18-7-1-6-17/h4-5,8,12,19H,1-3,7,9-10H2,(H,18,20). The second-order valence-electron chi connectivity index (χ2n) is 4.96. The second kappa shape index (κ2) is 8.01. The SMILES string of the molecule is N#CCCNC(=O)COc1ccc(Br)c(CNC2CC2)c1. The molecular weight excluding hydrogens is 334 g/mol. The lowest BCUT2D eigenvalue weighted by molar-refractivity contribution is -0.123. The lowest BCUT2D eigenvalue weighted by atomic mass is 10.2. The van der Waals surface area contributed by atoms with E-state index in [4.69, 9.17) is 10.00 Å². The Bertz CT molecular complexity index is 538. The number of nitrogens with zero attached hydrogens (tertiary/aromatic N) is 1. The number of carbonyl (C=O) groups is 1. The van der Waals surface area contributed by atoms with Gasteiger partial charge in [0.2, 0.25) is 0 Å². The zero-order valence-electron chi connectivity index (χ0n) is 11.7. The summed E-state index contributed by atoms with van der Waals surface area (Å²) in [6, 6.07) is 8.30. The Balaban J connectivity index is 1.80. The molecule has 0 spiro atoms. The first-order valence-corrected chi connectivity index (χ1v) is 7.76. The summed E-state index contributed by atoms with van der Waals surface area (Å²) in [5, 5.41) is 14.5. The van der Waals surface area contributed by atoms with Crippen LogP contribution < -0.4 is 15.4 Å². The largest absolute Gasteiger partial charge is 0.484 e. The van der Waals surface area contributed by atoms with Crippen molar-refractivity contribution in [1.29, 1.82) is 5.26 Å². The molecule has 112 valence electrons. The van der Waals surface area contributed by atoms with Gasteiger partial charge in [0.15, 0.2) is 6.61 Å². The Labute approximate surface area is 132 Å². The first-order chi connectivity index (χ1) is 10.2. The molecule has 1 amide bonds. The maximum absolute atomic E-state index is 11.5. The van der Waals surface area contributed by atoms with Gasteiger partial charge >= 0.3 is 0 Å². The predicted molar refractivity (Wildman–Crippen MR) is 82.7 cm³/mol. The zero-order valence-corrected chi connectivity index (χ0v) is 13.3. The molecule has 0 aromatic heterocycles. The third-order valence-corrected chi connectivity index (χ3v) is 3.88. The van der Waals surface area contributed by atoms with Gasteiger partial charge in [-0.05, 0) is 36.6 Å². The van der Waals surface area contributed by atoms with Crippen LogP contribution in [0.5, 0.6) is 5.75 Å². The summed E-state index contributed by atoms with van der Waals surface area (Å²) in [6.07, 6.45) is 2.80. The summed E-state index contributed by atoms with van der Waals surface area (Å²) in [7, 11) is 0. The minimum absolute atomic E-state index is 0.0391. The number of nitrogens with one attached hydrogen (secondary N) is 2. The molecule has 0 atom stereocenters. The number of nitriles is 1. The fourth-order valence-electron chi connectivity index (χ4n) is 1.78. The maximum atomic E-state index is 11.5. The summed E-state index contributed by atoms with van der Waals surface area (Å²) in [4.78, 5) is 11.5. The second-order valence-corrected chi connectivity index (χ2v) is 5.81. The third kappa shape index (κ3) is 5.74. The van der Waals surface area contributed by atoms with Gasteiger partial charge in [0, 0.05) is 23.6 Å². The van der Waals surface area contributed by atoms with Crippen LogP contribution in [0, 0.1) is 11.3 Å². The van der Waals surface area contributed by atoms with Crippen molar-refractivity contribution < 1.29 is 9.53 Å². The molecule has 0 aliphatic heterocycles. The van der Waals surface area contributed by atoms with Gasteiger partial charge in [0.25, 0.3) is 5.91 Å². The molecule has 1 aromatic carbocycles. The molecule has 21 heavy (non-hydrogen) atoms. The molecule has 0 heterocycles. The average molecular weight is 352 g/mol. The molecule has 0 radical (unpaired) electrons. The molecular formula is C15H18BrN3O2. The highest BCUT2D eigenvalue weighted by Gasteiger charge is 2.20. The van der Waals surface area contributed by atoms with Gasteiger partial charge in [-0.3, -0.25) is 4.79 Å². The van der Waals surface area contributed by atoms with Crippen LogP contribution >= 0.6 is 15.9 Å². The van der Waals surface area contributed by atoms with E-state index in [2.05, 4.69) is 26.6 Å². The van der Waals surface area contributed by atoms with E-state index in [9.17, 15) is 4.79 Å². The highest BCUT2D eigenvalue weighted by Crippen LogP contribution is 2.25. The lowest BCUT2D eigenvalue weighted by Gasteiger charge is -2.10. The Kier molecular flexibility index (Phi) is 6.03. The fourth-order valence-corrected chi connectivity index (χ4v) is 2.16. The van der Waals surface area contributed by atoms with Crippen LogP contribution in [0.2, 0.25) is 0 Å². The van der Waals surface area contributed by atoms with Gasteiger partial charge in [-0.15, -0.1) is 0 Å². The van der Waals surface area contributed by atoms with Gasteiger partial charge in [0.05, 0.1) is 12.5 Å². The number of halogens is 1. The highest BCUT2D eigenvalue weighted by atomic mass is 79.9. The topological polar surface area (TPSA) is 74.2 Å². The van der Waals surface area contributed by atoms with E-state index < -0.39 is 0 Å². The fraction of sp³-hybridized carbons (Fsp3) is 0.467. The average Bonchev–Trinajstić information content (AvgIpc) is 3.29. The van der Waals surface area contributed by atoms with Crippen molar-refractivity contribution in [3.63, 3.8) is 0 Å². The molecule has 1 aromatic rings. The number of ether oxygens (including phenoxy) is 1. The summed E-state index contributed by atoms with van der Waals surface area (Å²) in [5.41, 5.74) is 1.12. The number of amides is 1. The first kappa shape index (κ1) is 15.8. The van der Waals surface area contributed by atoms with Crippen molar-refractivity contribution in [3.8, 4) is 11.8 Å². The van der Waals surface area contributed by atoms with Crippen molar-refractivity contribution >= 4 is 21.8 Å². The van der Waals surface area contributed by atoms with Crippen LogP contribution in [0.1, 0.15) is 24.8 Å². The van der Waals surface area contributed by atoms with Gasteiger partial charge in [-0.2, -0.15) is 5.26 Å². The number of hydrogen-bond acceptors (Lipinski definition) is 4. The van der Waals surface area contributed by atoms with Gasteiger partial charge in [-0.1, -0.05) is 15.9 Å². The molecule has 6 heteroatoms. The number of rotatable bonds is 8. The Morgan fingerprint density at radius 3 is 3.00 bits per heavy atom. The van der Waals surface area contributed by atoms with Crippen LogP contribution in [-0.4, -0.2) is 25.1 Å². The van der Waals surface area contributed by atoms with E-state index in [1.807, 2.05) is 24.3 Å². The van der Waals surface area contributed by atoms with Crippen molar-refractivity contribution in [1.82, 2.24) is 10.6 Å². The molecule has 1 saturated carbocycles. The number of hydrogen-bond donors (Lipinski definition) is 2. The lowest BCUT2D eigenvalue weighted by Crippen LogP contribution is -2.29. The summed E-state index contributed by atoms with van der Waals surface area (Å²) in [5.74, 6) is 0.451. The van der Waals surface area contributed by atoms with Gasteiger partial charge in [-0.25, -0.2) is 0 Å². The van der Waals surface area contributed by atoms with Crippen LogP contribution in [0.15, 0.2) is 22.7 Å². The van der Waals surface area contributed by atoms with E-state index in [1.165, 1.54) is 12.8 Å². The van der Waals surface area contributed by atoms with Gasteiger partial charge < -0.3 is 15.4 Å². The molecule has 1 fully saturated rings. The van der Waals surface area contributed by atoms with E-state index >= 15 is 0 Å². The number of benzene rings is 1. The smallest absolute Gasteiger partial charge is 0.257 e. The van der Waals surface area contributed by atoms with Crippen molar-refractivity contribution in [2.45, 2.75) is 31.8 Å². The molecule has 2 N–H and O–H groups in total. The first-order valence-electron chi connectivity index (χ1n) is 6.97. The van der Waals surface area contributed by atoms with Crippen molar-refractivity contribution in [3.05, 3.63) is 28.2 Å². The summed E-state index contributed by atoms with van der Waals surface area (Å²) >= 11 is 3.52. The van der Waals surface area contributed by atoms with Crippen molar-refractivity contribution in [2.75, 3.05) is 13.2 Å². The minimum Gasteiger partial charge on any atom is -0.484 e. The molecule has 1 aliphatic rings. The van der Waals surface area contributed by atoms with E-state index in [0.717, 1.165) is 16.6 Å². The van der Waals surface area contributed by atoms with Crippen molar-refractivity contribution in [2.24, 2.45) is 0 Å². The predicted octanol–water partition coefficient (Wildman–Crippen LogP) is 2.11. The van der Waals surface area contributed by atoms with E-state index in [0.29, 0.717) is 24.8 Å². The molecule has 5 nitrogen and oxygen atoms in total. The minimum atomic E-state index is -0.217. The Morgan fingerprint density at radius 2 is 2.29 bits per heavy atom. The summed E-state index contributed by atoms with van der Waals surface area (Å²) < 4.78 is 6.50. The maximum Gasteiger partial charge on any atom is 0.257 e. The van der Waals surface area contributed by atoms with E-state index in [-0.39, 0.29) is 12.5 Å². The van der Waals surface area contributed by atoms with Crippen LogP contribution in [0.3, 0.4) is 0 Å². The highest BCUT2D eigenvalue weighted by molar-refractivity contribution is 9.10.